The topological polar surface area (TPSA) is 70.9 Å². The van der Waals surface area contributed by atoms with Gasteiger partial charge in [-0.05, 0) is 67.4 Å². The first-order valence-corrected chi connectivity index (χ1v) is 7.76. The van der Waals surface area contributed by atoms with Crippen molar-refractivity contribution in [3.8, 4) is 11.5 Å². The summed E-state index contributed by atoms with van der Waals surface area (Å²) in [4.78, 5) is 11.8. The van der Waals surface area contributed by atoms with Crippen LogP contribution in [0.15, 0.2) is 52.0 Å². The van der Waals surface area contributed by atoms with Gasteiger partial charge < -0.3 is 9.84 Å². The first kappa shape index (κ1) is 17.0. The normalized spacial score (nSPS) is 11.2. The number of carbonyl (C=O) groups is 1. The van der Waals surface area contributed by atoms with Crippen molar-refractivity contribution in [3.05, 3.63) is 58.1 Å². The van der Waals surface area contributed by atoms with Crippen LogP contribution in [0.3, 0.4) is 0 Å². The maximum atomic E-state index is 11.8. The summed E-state index contributed by atoms with van der Waals surface area (Å²) < 4.78 is 6.41. The van der Waals surface area contributed by atoms with Gasteiger partial charge in [-0.2, -0.15) is 5.10 Å². The molecule has 2 N–H and O–H groups in total. The Morgan fingerprint density at radius 3 is 2.61 bits per heavy atom. The molecule has 0 unspecified atom stereocenters. The van der Waals surface area contributed by atoms with Crippen LogP contribution in [0.1, 0.15) is 18.1 Å². The molecule has 2 rings (SSSR count). The number of hydrogen-bond acceptors (Lipinski definition) is 4. The summed E-state index contributed by atoms with van der Waals surface area (Å²) in [5.74, 6) is 0.465. The van der Waals surface area contributed by atoms with Crippen molar-refractivity contribution in [3.63, 3.8) is 0 Å². The molecule has 0 spiro atoms. The van der Waals surface area contributed by atoms with E-state index >= 15 is 0 Å². The van der Waals surface area contributed by atoms with Crippen LogP contribution in [0.5, 0.6) is 11.5 Å². The third kappa shape index (κ3) is 5.10. The van der Waals surface area contributed by atoms with Crippen molar-refractivity contribution >= 4 is 27.5 Å². The van der Waals surface area contributed by atoms with Crippen LogP contribution >= 0.6 is 15.9 Å². The molecule has 2 aromatic rings. The van der Waals surface area contributed by atoms with E-state index in [0.29, 0.717) is 11.5 Å². The minimum atomic E-state index is -0.344. The summed E-state index contributed by atoms with van der Waals surface area (Å²) in [5.41, 5.74) is 4.93. The number of rotatable bonds is 5. The van der Waals surface area contributed by atoms with Gasteiger partial charge in [0.15, 0.2) is 6.61 Å². The van der Waals surface area contributed by atoms with Crippen molar-refractivity contribution in [2.24, 2.45) is 5.10 Å². The highest BCUT2D eigenvalue weighted by atomic mass is 79.9. The predicted molar refractivity (Wildman–Crippen MR) is 92.8 cm³/mol. The van der Waals surface area contributed by atoms with Crippen molar-refractivity contribution in [1.29, 1.82) is 0 Å². The van der Waals surface area contributed by atoms with Gasteiger partial charge in [0.05, 0.1) is 5.71 Å². The molecule has 5 nitrogen and oxygen atoms in total. The van der Waals surface area contributed by atoms with Crippen LogP contribution < -0.4 is 10.2 Å². The minimum Gasteiger partial charge on any atom is -0.508 e. The van der Waals surface area contributed by atoms with E-state index in [0.717, 1.165) is 15.6 Å². The lowest BCUT2D eigenvalue weighted by atomic mass is 10.1. The first-order valence-electron chi connectivity index (χ1n) is 6.97. The number of nitrogens with zero attached hydrogens (tertiary/aromatic N) is 1. The van der Waals surface area contributed by atoms with E-state index in [1.165, 1.54) is 0 Å². The maximum absolute atomic E-state index is 11.8. The number of hydrogen-bond donors (Lipinski definition) is 2. The molecule has 0 saturated heterocycles. The molecule has 120 valence electrons. The Hall–Kier alpha value is -2.34. The van der Waals surface area contributed by atoms with Crippen molar-refractivity contribution in [1.82, 2.24) is 5.43 Å². The Bertz CT molecular complexity index is 727. The number of aromatic hydroxyl groups is 1. The van der Waals surface area contributed by atoms with Crippen LogP contribution in [0, 0.1) is 6.92 Å². The fraction of sp³-hybridized carbons (Fsp3) is 0.176. The highest BCUT2D eigenvalue weighted by Gasteiger charge is 2.04. The number of hydrazone groups is 1. The van der Waals surface area contributed by atoms with E-state index in [-0.39, 0.29) is 18.3 Å². The molecule has 0 aliphatic heterocycles. The van der Waals surface area contributed by atoms with Gasteiger partial charge in [0, 0.05) is 4.47 Å². The lowest BCUT2D eigenvalue weighted by Gasteiger charge is -2.07. The van der Waals surface area contributed by atoms with Gasteiger partial charge in [0.2, 0.25) is 0 Å². The molecule has 1 amide bonds. The molecule has 0 heterocycles. The standard InChI is InChI=1S/C17H17BrN2O3/c1-11-9-15(7-8-16(11)18)23-10-17(22)20-19-12(2)13-3-5-14(21)6-4-13/h3-9,21H,10H2,1-2H3,(H,20,22). The monoisotopic (exact) mass is 376 g/mol. The zero-order valence-electron chi connectivity index (χ0n) is 12.8. The zero-order chi connectivity index (χ0) is 16.8. The maximum Gasteiger partial charge on any atom is 0.277 e. The van der Waals surface area contributed by atoms with E-state index in [2.05, 4.69) is 26.5 Å². The number of amides is 1. The molecule has 23 heavy (non-hydrogen) atoms. The molecule has 2 aromatic carbocycles. The van der Waals surface area contributed by atoms with Gasteiger partial charge in [-0.3, -0.25) is 4.79 Å². The van der Waals surface area contributed by atoms with Crippen LogP contribution in [0.4, 0.5) is 0 Å². The summed E-state index contributed by atoms with van der Waals surface area (Å²) in [6.45, 7) is 3.60. The molecule has 6 heteroatoms. The lowest BCUT2D eigenvalue weighted by molar-refractivity contribution is -0.123. The molecule has 0 radical (unpaired) electrons. The summed E-state index contributed by atoms with van der Waals surface area (Å²) in [6.07, 6.45) is 0. The number of benzene rings is 2. The Kier molecular flexibility index (Phi) is 5.76. The Labute approximate surface area is 143 Å². The number of phenolic OH excluding ortho intramolecular Hbond substituents is 1. The van der Waals surface area contributed by atoms with Crippen LogP contribution in [-0.2, 0) is 4.79 Å². The predicted octanol–water partition coefficient (Wildman–Crippen LogP) is 3.38. The Morgan fingerprint density at radius 2 is 1.96 bits per heavy atom. The van der Waals surface area contributed by atoms with Gasteiger partial charge in [0.1, 0.15) is 11.5 Å². The number of ether oxygens (including phenoxy) is 1. The highest BCUT2D eigenvalue weighted by molar-refractivity contribution is 9.10. The molecule has 0 bridgehead atoms. The molecule has 0 aromatic heterocycles. The Balaban J connectivity index is 1.88. The summed E-state index contributed by atoms with van der Waals surface area (Å²) in [7, 11) is 0. The van der Waals surface area contributed by atoms with Gasteiger partial charge in [-0.25, -0.2) is 5.43 Å². The molecular formula is C17H17BrN2O3. The van der Waals surface area contributed by atoms with Crippen molar-refractivity contribution in [2.45, 2.75) is 13.8 Å². The molecule has 0 fully saturated rings. The van der Waals surface area contributed by atoms with Gasteiger partial charge >= 0.3 is 0 Å². The number of nitrogens with one attached hydrogen (secondary N) is 1. The van der Waals surface area contributed by atoms with Crippen LogP contribution in [0.25, 0.3) is 0 Å². The lowest BCUT2D eigenvalue weighted by Crippen LogP contribution is -2.25. The number of aryl methyl sites for hydroxylation is 1. The average molecular weight is 377 g/mol. The largest absolute Gasteiger partial charge is 0.508 e. The second kappa shape index (κ2) is 7.78. The van der Waals surface area contributed by atoms with Gasteiger partial charge in [-0.1, -0.05) is 15.9 Å². The minimum absolute atomic E-state index is 0.118. The number of halogens is 1. The van der Waals surface area contributed by atoms with E-state index in [1.54, 1.807) is 37.3 Å². The Morgan fingerprint density at radius 1 is 1.26 bits per heavy atom. The number of carbonyl (C=O) groups excluding carboxylic acids is 1. The summed E-state index contributed by atoms with van der Waals surface area (Å²) >= 11 is 3.41. The van der Waals surface area contributed by atoms with Crippen molar-refractivity contribution in [2.75, 3.05) is 6.61 Å². The van der Waals surface area contributed by atoms with Gasteiger partial charge in [-0.15, -0.1) is 0 Å². The van der Waals surface area contributed by atoms with Gasteiger partial charge in [0.25, 0.3) is 5.91 Å². The molecule has 0 atom stereocenters. The highest BCUT2D eigenvalue weighted by Crippen LogP contribution is 2.21. The fourth-order valence-corrected chi connectivity index (χ4v) is 2.05. The third-order valence-electron chi connectivity index (χ3n) is 3.13. The van der Waals surface area contributed by atoms with E-state index in [1.807, 2.05) is 19.1 Å². The molecule has 0 aliphatic carbocycles. The first-order chi connectivity index (χ1) is 11.0. The van der Waals surface area contributed by atoms with Crippen LogP contribution in [0.2, 0.25) is 0 Å². The van der Waals surface area contributed by atoms with Crippen molar-refractivity contribution < 1.29 is 14.6 Å². The average Bonchev–Trinajstić information content (AvgIpc) is 2.54. The van der Waals surface area contributed by atoms with E-state index in [9.17, 15) is 9.90 Å². The van der Waals surface area contributed by atoms with Crippen LogP contribution in [-0.4, -0.2) is 23.3 Å². The zero-order valence-corrected chi connectivity index (χ0v) is 14.4. The fourth-order valence-electron chi connectivity index (χ4n) is 1.80. The number of phenols is 1. The summed E-state index contributed by atoms with van der Waals surface area (Å²) in [6, 6.07) is 12.1. The molecule has 0 saturated carbocycles. The smallest absolute Gasteiger partial charge is 0.277 e. The quantitative estimate of drug-likeness (QED) is 0.620. The summed E-state index contributed by atoms with van der Waals surface area (Å²) in [5, 5.41) is 13.3. The second-order valence-corrected chi connectivity index (χ2v) is 5.83. The second-order valence-electron chi connectivity index (χ2n) is 4.98. The third-order valence-corrected chi connectivity index (χ3v) is 4.02. The van der Waals surface area contributed by atoms with E-state index in [4.69, 9.17) is 4.74 Å². The molecule has 0 aliphatic rings. The van der Waals surface area contributed by atoms with E-state index < -0.39 is 0 Å². The molecular weight excluding hydrogens is 360 g/mol. The SMILES string of the molecule is CC(=NNC(=O)COc1ccc(Br)c(C)c1)c1ccc(O)cc1.